The molecule has 0 spiro atoms. The Morgan fingerprint density at radius 1 is 1.31 bits per heavy atom. The molecule has 2 rings (SSSR count). The van der Waals surface area contributed by atoms with Crippen LogP contribution in [0.5, 0.6) is 0 Å². The molecular formula is C10H13N3. The summed E-state index contributed by atoms with van der Waals surface area (Å²) < 4.78 is 2.03. The van der Waals surface area contributed by atoms with E-state index in [2.05, 4.69) is 30.0 Å². The Morgan fingerprint density at radius 3 is 2.77 bits per heavy atom. The van der Waals surface area contributed by atoms with Crippen LogP contribution in [0, 0.1) is 6.92 Å². The molecule has 2 aromatic rings. The van der Waals surface area contributed by atoms with Gasteiger partial charge in [0, 0.05) is 12.4 Å². The topological polar surface area (TPSA) is 30.2 Å². The quantitative estimate of drug-likeness (QED) is 0.664. The van der Waals surface area contributed by atoms with Crippen LogP contribution >= 0.6 is 0 Å². The molecule has 0 amide bonds. The number of fused-ring (bicyclic) bond motifs is 1. The zero-order chi connectivity index (χ0) is 9.42. The maximum atomic E-state index is 4.45. The fraction of sp³-hybridized carbons (Fsp3) is 0.400. The smallest absolute Gasteiger partial charge is 0.155 e. The molecule has 0 saturated heterocycles. The molecule has 0 aliphatic heterocycles. The third-order valence-electron chi connectivity index (χ3n) is 2.08. The first-order valence-electron chi connectivity index (χ1n) is 4.48. The average Bonchev–Trinajstić information content (AvgIpc) is 2.46. The van der Waals surface area contributed by atoms with Crippen LogP contribution in [0.25, 0.3) is 5.65 Å². The molecule has 2 aromatic heterocycles. The van der Waals surface area contributed by atoms with Crippen LogP contribution in [0.15, 0.2) is 18.6 Å². The van der Waals surface area contributed by atoms with E-state index in [9.17, 15) is 0 Å². The van der Waals surface area contributed by atoms with Crippen molar-refractivity contribution in [3.63, 3.8) is 0 Å². The second kappa shape index (κ2) is 2.83. The predicted molar refractivity (Wildman–Crippen MR) is 51.8 cm³/mol. The number of rotatable bonds is 1. The van der Waals surface area contributed by atoms with Gasteiger partial charge in [-0.15, -0.1) is 0 Å². The molecule has 13 heavy (non-hydrogen) atoms. The van der Waals surface area contributed by atoms with Gasteiger partial charge in [0.05, 0.1) is 17.6 Å². The Kier molecular flexibility index (Phi) is 1.79. The molecule has 0 aliphatic rings. The van der Waals surface area contributed by atoms with Crippen LogP contribution in [-0.2, 0) is 0 Å². The summed E-state index contributed by atoms with van der Waals surface area (Å²) in [5, 5.41) is 0. The Labute approximate surface area is 77.4 Å². The molecule has 3 heteroatoms. The molecule has 68 valence electrons. The van der Waals surface area contributed by atoms with E-state index in [0.29, 0.717) is 5.92 Å². The minimum Gasteiger partial charge on any atom is -0.304 e. The first-order chi connectivity index (χ1) is 6.16. The number of imidazole rings is 1. The second-order valence-corrected chi connectivity index (χ2v) is 3.61. The van der Waals surface area contributed by atoms with Crippen molar-refractivity contribution in [2.24, 2.45) is 0 Å². The first-order valence-corrected chi connectivity index (χ1v) is 4.48. The molecular weight excluding hydrogens is 162 g/mol. The van der Waals surface area contributed by atoms with E-state index >= 15 is 0 Å². The van der Waals surface area contributed by atoms with Gasteiger partial charge in [0.15, 0.2) is 5.65 Å². The van der Waals surface area contributed by atoms with Gasteiger partial charge in [-0.25, -0.2) is 4.98 Å². The molecule has 0 unspecified atom stereocenters. The largest absolute Gasteiger partial charge is 0.304 e. The Hall–Kier alpha value is -1.38. The summed E-state index contributed by atoms with van der Waals surface area (Å²) in [6.45, 7) is 6.26. The third-order valence-corrected chi connectivity index (χ3v) is 2.08. The van der Waals surface area contributed by atoms with Crippen LogP contribution in [-0.4, -0.2) is 14.4 Å². The number of aryl methyl sites for hydroxylation is 1. The molecule has 0 bridgehead atoms. The maximum absolute atomic E-state index is 4.45. The van der Waals surface area contributed by atoms with E-state index in [1.807, 2.05) is 17.5 Å². The summed E-state index contributed by atoms with van der Waals surface area (Å²) in [5.41, 5.74) is 3.06. The molecule has 0 radical (unpaired) electrons. The van der Waals surface area contributed by atoms with Crippen LogP contribution in [0.2, 0.25) is 0 Å². The normalized spacial score (nSPS) is 11.4. The van der Waals surface area contributed by atoms with Crippen molar-refractivity contribution in [1.29, 1.82) is 0 Å². The molecule has 0 saturated carbocycles. The lowest BCUT2D eigenvalue weighted by Gasteiger charge is -1.94. The van der Waals surface area contributed by atoms with Crippen LogP contribution in [0.1, 0.15) is 31.2 Å². The Bertz CT molecular complexity index is 429. The van der Waals surface area contributed by atoms with Crippen LogP contribution in [0.3, 0.4) is 0 Å². The van der Waals surface area contributed by atoms with Crippen molar-refractivity contribution in [1.82, 2.24) is 14.4 Å². The monoisotopic (exact) mass is 175 g/mol. The van der Waals surface area contributed by atoms with Gasteiger partial charge in [-0.05, 0) is 12.8 Å². The average molecular weight is 175 g/mol. The highest BCUT2D eigenvalue weighted by Gasteiger charge is 2.04. The Balaban J connectivity index is 2.62. The lowest BCUT2D eigenvalue weighted by atomic mass is 10.2. The highest BCUT2D eigenvalue weighted by Crippen LogP contribution is 2.13. The molecule has 3 nitrogen and oxygen atoms in total. The number of aromatic nitrogens is 3. The summed E-state index contributed by atoms with van der Waals surface area (Å²) in [6, 6.07) is 0. The van der Waals surface area contributed by atoms with Gasteiger partial charge in [0.25, 0.3) is 0 Å². The van der Waals surface area contributed by atoms with Gasteiger partial charge >= 0.3 is 0 Å². The SMILES string of the molecule is Cc1cn2cc(C(C)C)nc2cn1. The van der Waals surface area contributed by atoms with Gasteiger partial charge in [0.1, 0.15) is 0 Å². The second-order valence-electron chi connectivity index (χ2n) is 3.61. The number of hydrogen-bond donors (Lipinski definition) is 0. The molecule has 0 fully saturated rings. The maximum Gasteiger partial charge on any atom is 0.155 e. The zero-order valence-electron chi connectivity index (χ0n) is 8.15. The van der Waals surface area contributed by atoms with Crippen molar-refractivity contribution < 1.29 is 0 Å². The fourth-order valence-electron chi connectivity index (χ4n) is 1.30. The minimum atomic E-state index is 0.472. The highest BCUT2D eigenvalue weighted by molar-refractivity contribution is 5.38. The van der Waals surface area contributed by atoms with Crippen LogP contribution < -0.4 is 0 Å². The molecule has 2 heterocycles. The van der Waals surface area contributed by atoms with Crippen LogP contribution in [0.4, 0.5) is 0 Å². The summed E-state index contributed by atoms with van der Waals surface area (Å²) in [6.07, 6.45) is 5.87. The van der Waals surface area contributed by atoms with Gasteiger partial charge in [0.2, 0.25) is 0 Å². The summed E-state index contributed by atoms with van der Waals surface area (Å²) in [7, 11) is 0. The van der Waals surface area contributed by atoms with Gasteiger partial charge in [-0.3, -0.25) is 4.98 Å². The van der Waals surface area contributed by atoms with E-state index in [0.717, 1.165) is 17.0 Å². The molecule has 0 aromatic carbocycles. The molecule has 0 aliphatic carbocycles. The molecule has 0 N–H and O–H groups in total. The predicted octanol–water partition coefficient (Wildman–Crippen LogP) is 2.16. The minimum absolute atomic E-state index is 0.472. The first kappa shape index (κ1) is 8.23. The standard InChI is InChI=1S/C10H13N3/c1-7(2)9-6-13-5-8(3)11-4-10(13)12-9/h4-7H,1-3H3. The summed E-state index contributed by atoms with van der Waals surface area (Å²) >= 11 is 0. The van der Waals surface area contributed by atoms with Gasteiger partial charge in [-0.1, -0.05) is 13.8 Å². The summed E-state index contributed by atoms with van der Waals surface area (Å²) in [5.74, 6) is 0.472. The summed E-state index contributed by atoms with van der Waals surface area (Å²) in [4.78, 5) is 8.65. The lowest BCUT2D eigenvalue weighted by Crippen LogP contribution is -1.87. The van der Waals surface area contributed by atoms with Crippen molar-refractivity contribution >= 4 is 5.65 Å². The fourth-order valence-corrected chi connectivity index (χ4v) is 1.30. The highest BCUT2D eigenvalue weighted by atomic mass is 15.0. The molecule has 0 atom stereocenters. The van der Waals surface area contributed by atoms with Gasteiger partial charge in [-0.2, -0.15) is 0 Å². The van der Waals surface area contributed by atoms with Crippen molar-refractivity contribution in [2.45, 2.75) is 26.7 Å². The van der Waals surface area contributed by atoms with Crippen molar-refractivity contribution in [2.75, 3.05) is 0 Å². The Morgan fingerprint density at radius 2 is 2.08 bits per heavy atom. The van der Waals surface area contributed by atoms with E-state index in [-0.39, 0.29) is 0 Å². The number of hydrogen-bond acceptors (Lipinski definition) is 2. The van der Waals surface area contributed by atoms with E-state index in [4.69, 9.17) is 0 Å². The van der Waals surface area contributed by atoms with E-state index < -0.39 is 0 Å². The van der Waals surface area contributed by atoms with Gasteiger partial charge < -0.3 is 4.40 Å². The number of nitrogens with zero attached hydrogens (tertiary/aromatic N) is 3. The van der Waals surface area contributed by atoms with Crippen molar-refractivity contribution in [3.05, 3.63) is 30.0 Å². The zero-order valence-corrected chi connectivity index (χ0v) is 8.15. The van der Waals surface area contributed by atoms with E-state index in [1.165, 1.54) is 0 Å². The van der Waals surface area contributed by atoms with E-state index in [1.54, 1.807) is 6.20 Å². The van der Waals surface area contributed by atoms with Crippen molar-refractivity contribution in [3.8, 4) is 0 Å². The third kappa shape index (κ3) is 1.41. The lowest BCUT2D eigenvalue weighted by molar-refractivity contribution is 0.834.